The van der Waals surface area contributed by atoms with Gasteiger partial charge in [-0.2, -0.15) is 0 Å². The van der Waals surface area contributed by atoms with Gasteiger partial charge in [-0.15, -0.1) is 16.4 Å². The Bertz CT molecular complexity index is 1160. The number of alkyl halides is 2. The second-order valence-corrected chi connectivity index (χ2v) is 8.05. The molecule has 0 radical (unpaired) electrons. The molecule has 1 atom stereocenters. The second-order valence-electron chi connectivity index (χ2n) is 6.99. The van der Waals surface area contributed by atoms with Crippen LogP contribution in [0.2, 0.25) is 0 Å². The third-order valence-electron chi connectivity index (χ3n) is 5.00. The number of hydrogen-bond acceptors (Lipinski definition) is 6. The summed E-state index contributed by atoms with van der Waals surface area (Å²) in [4.78, 5) is 10.5. The van der Waals surface area contributed by atoms with Crippen molar-refractivity contribution in [2.45, 2.75) is 24.9 Å². The van der Waals surface area contributed by atoms with Crippen LogP contribution < -0.4 is 0 Å². The highest BCUT2D eigenvalue weighted by Crippen LogP contribution is 2.49. The maximum Gasteiger partial charge on any atom is 0.248 e. The van der Waals surface area contributed by atoms with E-state index in [1.807, 2.05) is 24.3 Å². The number of thiophene rings is 1. The summed E-state index contributed by atoms with van der Waals surface area (Å²) >= 11 is 1.34. The van der Waals surface area contributed by atoms with E-state index in [0.717, 1.165) is 21.5 Å². The number of nitrogens with zero attached hydrogens (tertiary/aromatic N) is 5. The van der Waals surface area contributed by atoms with Crippen molar-refractivity contribution in [1.29, 1.82) is 0 Å². The number of aliphatic hydroxyl groups is 1. The highest BCUT2D eigenvalue weighted by Gasteiger charge is 2.48. The van der Waals surface area contributed by atoms with E-state index >= 15 is 0 Å². The normalized spacial score (nSPS) is 18.1. The minimum Gasteiger partial charge on any atom is -0.387 e. The molecule has 27 heavy (non-hydrogen) atoms. The average molecular weight is 387 g/mol. The van der Waals surface area contributed by atoms with Gasteiger partial charge in [-0.25, -0.2) is 23.4 Å². The minimum absolute atomic E-state index is 0.259. The molecule has 0 spiro atoms. The fraction of sp³-hybridized carbons (Fsp3) is 0.333. The van der Waals surface area contributed by atoms with Crippen molar-refractivity contribution in [3.63, 3.8) is 0 Å². The van der Waals surface area contributed by atoms with Gasteiger partial charge < -0.3 is 5.11 Å². The van der Waals surface area contributed by atoms with Gasteiger partial charge in [-0.05, 0) is 24.3 Å². The summed E-state index contributed by atoms with van der Waals surface area (Å²) in [6.45, 7) is 0. The summed E-state index contributed by atoms with van der Waals surface area (Å²) in [6.07, 6.45) is 0.333. The molecular formula is C18H15F2N5OS. The third-order valence-corrected chi connectivity index (χ3v) is 6.11. The van der Waals surface area contributed by atoms with Crippen molar-refractivity contribution in [1.82, 2.24) is 25.0 Å². The van der Waals surface area contributed by atoms with Gasteiger partial charge in [-0.1, -0.05) is 5.21 Å². The first-order chi connectivity index (χ1) is 12.9. The van der Waals surface area contributed by atoms with Crippen LogP contribution in [0, 0.1) is 5.92 Å². The van der Waals surface area contributed by atoms with Gasteiger partial charge in [0.25, 0.3) is 0 Å². The van der Waals surface area contributed by atoms with Crippen molar-refractivity contribution in [3.05, 3.63) is 35.3 Å². The molecule has 6 nitrogen and oxygen atoms in total. The molecule has 1 aliphatic rings. The molecular weight excluding hydrogens is 372 g/mol. The SMILES string of the molecule is Cn1nnc2cc(-c3ccc4cc(C(O)C5CC(F)(F)C5)sc4n3)cnc21. The molecule has 4 aromatic heterocycles. The van der Waals surface area contributed by atoms with Crippen molar-refractivity contribution < 1.29 is 13.9 Å². The quantitative estimate of drug-likeness (QED) is 0.580. The van der Waals surface area contributed by atoms with Crippen molar-refractivity contribution >= 4 is 32.7 Å². The molecule has 1 aliphatic carbocycles. The number of hydrogen-bond donors (Lipinski definition) is 1. The number of halogens is 2. The molecule has 4 heterocycles. The molecule has 5 rings (SSSR count). The van der Waals surface area contributed by atoms with Crippen LogP contribution in [0.15, 0.2) is 30.5 Å². The fourth-order valence-corrected chi connectivity index (χ4v) is 4.58. The first-order valence-corrected chi connectivity index (χ1v) is 9.33. The topological polar surface area (TPSA) is 76.7 Å². The summed E-state index contributed by atoms with van der Waals surface area (Å²) in [5.41, 5.74) is 2.93. The van der Waals surface area contributed by atoms with Gasteiger partial charge >= 0.3 is 0 Å². The molecule has 0 bridgehead atoms. The van der Waals surface area contributed by atoms with Crippen LogP contribution in [-0.4, -0.2) is 36.0 Å². The van der Waals surface area contributed by atoms with Crippen LogP contribution in [0.1, 0.15) is 23.8 Å². The molecule has 1 N–H and O–H groups in total. The fourth-order valence-electron chi connectivity index (χ4n) is 3.47. The van der Waals surface area contributed by atoms with E-state index in [9.17, 15) is 13.9 Å². The van der Waals surface area contributed by atoms with E-state index in [1.54, 1.807) is 17.9 Å². The molecule has 4 aromatic rings. The largest absolute Gasteiger partial charge is 0.387 e. The lowest BCUT2D eigenvalue weighted by Gasteiger charge is -2.37. The van der Waals surface area contributed by atoms with E-state index in [2.05, 4.69) is 20.3 Å². The summed E-state index contributed by atoms with van der Waals surface area (Å²) < 4.78 is 27.8. The number of fused-ring (bicyclic) bond motifs is 2. The van der Waals surface area contributed by atoms with Gasteiger partial charge in [0.15, 0.2) is 5.65 Å². The van der Waals surface area contributed by atoms with Gasteiger partial charge in [-0.3, -0.25) is 0 Å². The Balaban J connectivity index is 1.48. The molecule has 0 saturated heterocycles. The molecule has 1 unspecified atom stereocenters. The van der Waals surface area contributed by atoms with E-state index in [1.165, 1.54) is 11.3 Å². The molecule has 0 aliphatic heterocycles. The number of aliphatic hydroxyl groups excluding tert-OH is 1. The van der Waals surface area contributed by atoms with Crippen LogP contribution >= 0.6 is 11.3 Å². The number of pyridine rings is 2. The molecule has 1 saturated carbocycles. The lowest BCUT2D eigenvalue weighted by atomic mass is 9.77. The lowest BCUT2D eigenvalue weighted by molar-refractivity contribution is -0.141. The Labute approximate surface area is 156 Å². The Morgan fingerprint density at radius 2 is 2.11 bits per heavy atom. The van der Waals surface area contributed by atoms with E-state index in [0.29, 0.717) is 16.0 Å². The first-order valence-electron chi connectivity index (χ1n) is 8.52. The molecule has 9 heteroatoms. The van der Waals surface area contributed by atoms with Gasteiger partial charge in [0, 0.05) is 47.8 Å². The van der Waals surface area contributed by atoms with Crippen molar-refractivity contribution in [3.8, 4) is 11.3 Å². The Morgan fingerprint density at radius 1 is 1.30 bits per heavy atom. The summed E-state index contributed by atoms with van der Waals surface area (Å²) in [5, 5.41) is 19.3. The maximum atomic E-state index is 13.1. The highest BCUT2D eigenvalue weighted by molar-refractivity contribution is 7.18. The third kappa shape index (κ3) is 2.78. The number of aryl methyl sites for hydroxylation is 1. The van der Waals surface area contributed by atoms with Gasteiger partial charge in [0.2, 0.25) is 5.92 Å². The molecule has 0 aromatic carbocycles. The summed E-state index contributed by atoms with van der Waals surface area (Å²) in [7, 11) is 1.78. The zero-order chi connectivity index (χ0) is 18.8. The van der Waals surface area contributed by atoms with Gasteiger partial charge in [0.05, 0.1) is 11.8 Å². The number of aromatic nitrogens is 5. The average Bonchev–Trinajstić information content (AvgIpc) is 3.21. The van der Waals surface area contributed by atoms with Crippen LogP contribution in [-0.2, 0) is 7.05 Å². The zero-order valence-electron chi connectivity index (χ0n) is 14.3. The highest BCUT2D eigenvalue weighted by atomic mass is 32.1. The Kier molecular flexibility index (Phi) is 3.54. The zero-order valence-corrected chi connectivity index (χ0v) is 15.1. The molecule has 1 fully saturated rings. The molecule has 0 amide bonds. The Hall–Kier alpha value is -2.52. The maximum absolute atomic E-state index is 13.1. The summed E-state index contributed by atoms with van der Waals surface area (Å²) in [5.74, 6) is -3.03. The van der Waals surface area contributed by atoms with Crippen molar-refractivity contribution in [2.24, 2.45) is 13.0 Å². The smallest absolute Gasteiger partial charge is 0.248 e. The second kappa shape index (κ2) is 5.74. The van der Waals surface area contributed by atoms with E-state index < -0.39 is 17.9 Å². The summed E-state index contributed by atoms with van der Waals surface area (Å²) in [6, 6.07) is 7.51. The predicted molar refractivity (Wildman–Crippen MR) is 97.5 cm³/mol. The van der Waals surface area contributed by atoms with E-state index in [4.69, 9.17) is 0 Å². The van der Waals surface area contributed by atoms with Crippen LogP contribution in [0.4, 0.5) is 8.78 Å². The van der Waals surface area contributed by atoms with Crippen LogP contribution in [0.25, 0.3) is 32.6 Å². The standard InChI is InChI=1S/C18H15F2N5OS/c1-25-16-13(23-24-25)4-10(8-21-16)12-3-2-9-5-14(27-17(9)22-12)15(26)11-6-18(19,20)7-11/h2-5,8,11,15,26H,6-7H2,1H3. The minimum atomic E-state index is -2.64. The Morgan fingerprint density at radius 3 is 2.89 bits per heavy atom. The van der Waals surface area contributed by atoms with Crippen molar-refractivity contribution in [2.75, 3.05) is 0 Å². The molecule has 138 valence electrons. The van der Waals surface area contributed by atoms with Gasteiger partial charge in [0.1, 0.15) is 10.3 Å². The van der Waals surface area contributed by atoms with Crippen LogP contribution in [0.5, 0.6) is 0 Å². The van der Waals surface area contributed by atoms with E-state index in [-0.39, 0.29) is 12.8 Å². The predicted octanol–water partition coefficient (Wildman–Crippen LogP) is 3.72. The van der Waals surface area contributed by atoms with Crippen LogP contribution in [0.3, 0.4) is 0 Å². The lowest BCUT2D eigenvalue weighted by Crippen LogP contribution is -2.38. The first kappa shape index (κ1) is 16.6. The number of rotatable bonds is 3. The monoisotopic (exact) mass is 387 g/mol.